The number of amides is 2. The van der Waals surface area contributed by atoms with Gasteiger partial charge in [-0.25, -0.2) is 4.98 Å². The Kier molecular flexibility index (Phi) is 5.52. The molecule has 1 fully saturated rings. The van der Waals surface area contributed by atoms with E-state index < -0.39 is 35.5 Å². The van der Waals surface area contributed by atoms with Crippen molar-refractivity contribution >= 4 is 17.5 Å². The Labute approximate surface area is 162 Å². The number of nitrogens with one attached hydrogen (secondary N) is 1. The highest BCUT2D eigenvalue weighted by atomic mass is 19.4. The first-order valence-corrected chi connectivity index (χ1v) is 8.59. The summed E-state index contributed by atoms with van der Waals surface area (Å²) in [6.07, 6.45) is 0.399. The number of imidazole rings is 1. The van der Waals surface area contributed by atoms with Crippen LogP contribution in [0.5, 0.6) is 0 Å². The normalized spacial score (nSPS) is 16.7. The molecule has 1 aliphatic rings. The molecule has 9 nitrogen and oxygen atoms in total. The minimum absolute atomic E-state index is 0.0314. The topological polar surface area (TPSA) is 110 Å². The van der Waals surface area contributed by atoms with Gasteiger partial charge in [0.15, 0.2) is 0 Å². The number of nitrogens with zero attached hydrogens (tertiary/aromatic N) is 4. The van der Waals surface area contributed by atoms with Crippen LogP contribution in [-0.4, -0.2) is 56.5 Å². The van der Waals surface area contributed by atoms with Crippen molar-refractivity contribution in [2.24, 2.45) is 0 Å². The molecule has 12 heteroatoms. The molecule has 1 aliphatic heterocycles. The predicted molar refractivity (Wildman–Crippen MR) is 93.3 cm³/mol. The van der Waals surface area contributed by atoms with Crippen molar-refractivity contribution in [2.45, 2.75) is 25.1 Å². The van der Waals surface area contributed by atoms with Crippen molar-refractivity contribution in [3.05, 3.63) is 52.6 Å². The van der Waals surface area contributed by atoms with Crippen molar-refractivity contribution in [2.75, 3.05) is 13.1 Å². The third-order valence-electron chi connectivity index (χ3n) is 4.48. The number of hydrogen-bond donors (Lipinski definition) is 1. The van der Waals surface area contributed by atoms with Crippen LogP contribution in [0.2, 0.25) is 0 Å². The van der Waals surface area contributed by atoms with Crippen LogP contribution in [0.15, 0.2) is 36.9 Å². The summed E-state index contributed by atoms with van der Waals surface area (Å²) < 4.78 is 38.4. The van der Waals surface area contributed by atoms with Crippen molar-refractivity contribution in [3.63, 3.8) is 0 Å². The summed E-state index contributed by atoms with van der Waals surface area (Å²) >= 11 is 0. The van der Waals surface area contributed by atoms with Gasteiger partial charge in [0, 0.05) is 30.6 Å². The SMILES string of the molecule is O=C(NCC(F)(F)F)C1CCCN1C(=O)c1ccc(-n2ccnc2)c([N+](=O)[O-])c1. The smallest absolute Gasteiger partial charge is 0.345 e. The Bertz CT molecular complexity index is 930. The van der Waals surface area contributed by atoms with E-state index in [-0.39, 0.29) is 29.9 Å². The molecule has 1 unspecified atom stereocenters. The van der Waals surface area contributed by atoms with E-state index in [1.165, 1.54) is 35.4 Å². The summed E-state index contributed by atoms with van der Waals surface area (Å²) in [5.74, 6) is -1.56. The molecule has 0 aliphatic carbocycles. The second-order valence-corrected chi connectivity index (χ2v) is 6.42. The molecule has 1 atom stereocenters. The minimum Gasteiger partial charge on any atom is -0.345 e. The summed E-state index contributed by atoms with van der Waals surface area (Å²) in [6.45, 7) is -1.32. The highest BCUT2D eigenvalue weighted by molar-refractivity contribution is 5.98. The molecule has 1 saturated heterocycles. The highest BCUT2D eigenvalue weighted by Crippen LogP contribution is 2.27. The maximum atomic E-state index is 12.8. The zero-order valence-corrected chi connectivity index (χ0v) is 14.9. The fourth-order valence-corrected chi connectivity index (χ4v) is 3.18. The van der Waals surface area contributed by atoms with Gasteiger partial charge in [-0.05, 0) is 25.0 Å². The molecule has 154 valence electrons. The summed E-state index contributed by atoms with van der Waals surface area (Å²) in [6, 6.07) is 2.77. The lowest BCUT2D eigenvalue weighted by Crippen LogP contribution is -2.48. The van der Waals surface area contributed by atoms with Crippen molar-refractivity contribution in [1.82, 2.24) is 19.8 Å². The van der Waals surface area contributed by atoms with E-state index in [0.717, 1.165) is 11.0 Å². The van der Waals surface area contributed by atoms with Gasteiger partial charge in [-0.15, -0.1) is 0 Å². The van der Waals surface area contributed by atoms with Crippen LogP contribution < -0.4 is 5.32 Å². The zero-order valence-electron chi connectivity index (χ0n) is 14.9. The number of hydrogen-bond acceptors (Lipinski definition) is 5. The minimum atomic E-state index is -4.56. The second-order valence-electron chi connectivity index (χ2n) is 6.42. The van der Waals surface area contributed by atoms with Gasteiger partial charge in [0.25, 0.3) is 11.6 Å². The summed E-state index contributed by atoms with van der Waals surface area (Å²) in [5, 5.41) is 13.2. The summed E-state index contributed by atoms with van der Waals surface area (Å²) in [4.78, 5) is 40.7. The third-order valence-corrected chi connectivity index (χ3v) is 4.48. The molecule has 2 amide bonds. The molecule has 2 aromatic rings. The zero-order chi connectivity index (χ0) is 21.2. The number of alkyl halides is 3. The summed E-state index contributed by atoms with van der Waals surface area (Å²) in [5.41, 5.74) is -0.174. The lowest BCUT2D eigenvalue weighted by Gasteiger charge is -2.24. The lowest BCUT2D eigenvalue weighted by molar-refractivity contribution is -0.384. The van der Waals surface area contributed by atoms with Crippen LogP contribution in [0, 0.1) is 10.1 Å². The number of carbonyl (C=O) groups is 2. The van der Waals surface area contributed by atoms with Crippen molar-refractivity contribution < 1.29 is 27.7 Å². The number of halogens is 3. The first-order valence-electron chi connectivity index (χ1n) is 8.59. The first kappa shape index (κ1) is 20.3. The van der Waals surface area contributed by atoms with E-state index in [1.807, 2.05) is 0 Å². The van der Waals surface area contributed by atoms with Gasteiger partial charge in [-0.3, -0.25) is 19.7 Å². The van der Waals surface area contributed by atoms with E-state index in [4.69, 9.17) is 0 Å². The van der Waals surface area contributed by atoms with Crippen LogP contribution in [-0.2, 0) is 4.79 Å². The number of benzene rings is 1. The van der Waals surface area contributed by atoms with Crippen LogP contribution in [0.3, 0.4) is 0 Å². The van der Waals surface area contributed by atoms with E-state index in [1.54, 1.807) is 5.32 Å². The van der Waals surface area contributed by atoms with Gasteiger partial charge in [0.2, 0.25) is 5.91 Å². The molecule has 29 heavy (non-hydrogen) atoms. The van der Waals surface area contributed by atoms with E-state index in [9.17, 15) is 32.9 Å². The van der Waals surface area contributed by atoms with Gasteiger partial charge < -0.3 is 14.8 Å². The molecule has 0 spiro atoms. The van der Waals surface area contributed by atoms with E-state index in [2.05, 4.69) is 4.98 Å². The number of nitro benzene ring substituents is 1. The van der Waals surface area contributed by atoms with E-state index in [0.29, 0.717) is 6.42 Å². The number of aromatic nitrogens is 2. The van der Waals surface area contributed by atoms with Gasteiger partial charge >= 0.3 is 6.18 Å². The molecule has 1 aromatic carbocycles. The Balaban J connectivity index is 1.83. The van der Waals surface area contributed by atoms with Gasteiger partial charge in [0.1, 0.15) is 18.3 Å². The third kappa shape index (κ3) is 4.52. The Hall–Kier alpha value is -3.44. The quantitative estimate of drug-likeness (QED) is 0.598. The largest absolute Gasteiger partial charge is 0.405 e. The average molecular weight is 411 g/mol. The van der Waals surface area contributed by atoms with Crippen molar-refractivity contribution in [3.8, 4) is 5.69 Å². The molecular weight excluding hydrogens is 395 g/mol. The fraction of sp³-hybridized carbons (Fsp3) is 0.353. The molecular formula is C17H16F3N5O4. The van der Waals surface area contributed by atoms with Crippen molar-refractivity contribution in [1.29, 1.82) is 0 Å². The maximum Gasteiger partial charge on any atom is 0.405 e. The van der Waals surface area contributed by atoms with Gasteiger partial charge in [-0.2, -0.15) is 13.2 Å². The molecule has 2 heterocycles. The molecule has 1 aromatic heterocycles. The van der Waals surface area contributed by atoms with E-state index >= 15 is 0 Å². The van der Waals surface area contributed by atoms with Crippen LogP contribution in [0.4, 0.5) is 18.9 Å². The molecule has 0 radical (unpaired) electrons. The number of carbonyl (C=O) groups excluding carboxylic acids is 2. The average Bonchev–Trinajstić information content (AvgIpc) is 3.36. The molecule has 0 saturated carbocycles. The Morgan fingerprint density at radius 1 is 1.34 bits per heavy atom. The van der Waals surface area contributed by atoms with Crippen LogP contribution in [0.1, 0.15) is 23.2 Å². The fourth-order valence-electron chi connectivity index (χ4n) is 3.18. The van der Waals surface area contributed by atoms with Crippen LogP contribution in [0.25, 0.3) is 5.69 Å². The second kappa shape index (κ2) is 7.89. The predicted octanol–water partition coefficient (Wildman–Crippen LogP) is 2.06. The highest BCUT2D eigenvalue weighted by Gasteiger charge is 2.37. The summed E-state index contributed by atoms with van der Waals surface area (Å²) in [7, 11) is 0. The van der Waals surface area contributed by atoms with Gasteiger partial charge in [0.05, 0.1) is 11.3 Å². The number of likely N-dealkylation sites (tertiary alicyclic amines) is 1. The first-order chi connectivity index (χ1) is 13.7. The molecule has 3 rings (SSSR count). The Morgan fingerprint density at radius 2 is 2.10 bits per heavy atom. The van der Waals surface area contributed by atoms with Crippen LogP contribution >= 0.6 is 0 Å². The number of rotatable bonds is 5. The monoisotopic (exact) mass is 411 g/mol. The Morgan fingerprint density at radius 3 is 2.72 bits per heavy atom. The van der Waals surface area contributed by atoms with Gasteiger partial charge in [-0.1, -0.05) is 0 Å². The lowest BCUT2D eigenvalue weighted by atomic mass is 10.1. The maximum absolute atomic E-state index is 12.8. The molecule has 0 bridgehead atoms. The number of nitro groups is 1. The standard InChI is InChI=1S/C17H16F3N5O4/c18-17(19,20)9-22-15(26)13-2-1-6-24(13)16(27)11-3-4-12(14(8-11)25(28)29)23-7-5-21-10-23/h3-5,7-8,10,13H,1-2,6,9H2,(H,22,26). The molecule has 1 N–H and O–H groups in total.